The lowest BCUT2D eigenvalue weighted by Crippen LogP contribution is -2.38. The van der Waals surface area contributed by atoms with Gasteiger partial charge in [-0.3, -0.25) is 9.67 Å². The number of halogens is 2. The molecule has 0 unspecified atom stereocenters. The van der Waals surface area contributed by atoms with E-state index in [-0.39, 0.29) is 24.0 Å². The fraction of sp³-hybridized carbons (Fsp3) is 0.375. The number of nitrogens with zero attached hydrogens (tertiary/aromatic N) is 3. The summed E-state index contributed by atoms with van der Waals surface area (Å²) in [6.07, 6.45) is 2.58. The Kier molecular flexibility index (Phi) is 8.91. The first-order valence-corrected chi connectivity index (χ1v) is 7.75. The number of aliphatic imine (C=N–C) groups is 1. The van der Waals surface area contributed by atoms with Crippen molar-refractivity contribution in [2.75, 3.05) is 20.7 Å². The quantitative estimate of drug-likeness (QED) is 0.393. The summed E-state index contributed by atoms with van der Waals surface area (Å²) < 4.78 is 6.98. The summed E-state index contributed by atoms with van der Waals surface area (Å²) in [6.45, 7) is 1.40. The Bertz CT molecular complexity index is 674. The highest BCUT2D eigenvalue weighted by molar-refractivity contribution is 14.0. The monoisotopic (exact) mass is 463 g/mol. The van der Waals surface area contributed by atoms with E-state index in [1.54, 1.807) is 20.4 Å². The van der Waals surface area contributed by atoms with Gasteiger partial charge in [0.15, 0.2) is 5.96 Å². The second-order valence-corrected chi connectivity index (χ2v) is 5.41. The molecule has 2 aromatic rings. The van der Waals surface area contributed by atoms with Gasteiger partial charge in [-0.15, -0.1) is 24.0 Å². The van der Waals surface area contributed by atoms with Crippen molar-refractivity contribution in [1.29, 1.82) is 0 Å². The summed E-state index contributed by atoms with van der Waals surface area (Å²) in [7, 11) is 5.29. The van der Waals surface area contributed by atoms with Gasteiger partial charge < -0.3 is 15.4 Å². The van der Waals surface area contributed by atoms with Gasteiger partial charge in [-0.1, -0.05) is 17.7 Å². The van der Waals surface area contributed by atoms with E-state index in [9.17, 15) is 0 Å². The SMILES string of the molecule is CN=C(NCCc1ccc(OC)cc1Cl)NCc1ccnn1C.I. The molecule has 8 heteroatoms. The Balaban J connectivity index is 0.00000288. The molecule has 2 rings (SSSR count). The molecule has 6 nitrogen and oxygen atoms in total. The standard InChI is InChI=1S/C16H22ClN5O.HI/c1-18-16(20-11-13-7-9-21-22(13)2)19-8-6-12-4-5-14(23-3)10-15(12)17;/h4-5,7,9-10H,6,8,11H2,1-3H3,(H2,18,19,20);1H. The maximum Gasteiger partial charge on any atom is 0.191 e. The highest BCUT2D eigenvalue weighted by Gasteiger charge is 2.04. The van der Waals surface area contributed by atoms with Crippen LogP contribution in [0, 0.1) is 0 Å². The molecule has 0 bridgehead atoms. The molecule has 0 spiro atoms. The average molecular weight is 464 g/mol. The third-order valence-corrected chi connectivity index (χ3v) is 3.88. The molecule has 0 aliphatic heterocycles. The van der Waals surface area contributed by atoms with Crippen LogP contribution in [-0.2, 0) is 20.0 Å². The molecule has 1 aromatic heterocycles. The van der Waals surface area contributed by atoms with E-state index in [2.05, 4.69) is 20.7 Å². The summed E-state index contributed by atoms with van der Waals surface area (Å²) in [5.41, 5.74) is 2.16. The zero-order valence-electron chi connectivity index (χ0n) is 14.0. The summed E-state index contributed by atoms with van der Waals surface area (Å²) >= 11 is 6.24. The predicted molar refractivity (Wildman–Crippen MR) is 109 cm³/mol. The first-order valence-electron chi connectivity index (χ1n) is 7.38. The number of methoxy groups -OCH3 is 1. The van der Waals surface area contributed by atoms with Crippen molar-refractivity contribution < 1.29 is 4.74 Å². The number of benzene rings is 1. The molecule has 0 aliphatic rings. The van der Waals surface area contributed by atoms with Gasteiger partial charge in [0, 0.05) is 31.9 Å². The maximum absolute atomic E-state index is 6.24. The van der Waals surface area contributed by atoms with E-state index < -0.39 is 0 Å². The van der Waals surface area contributed by atoms with Gasteiger partial charge in [-0.05, 0) is 30.2 Å². The average Bonchev–Trinajstić information content (AvgIpc) is 2.97. The minimum absolute atomic E-state index is 0. The first kappa shape index (κ1) is 20.6. The van der Waals surface area contributed by atoms with Crippen LogP contribution in [0.15, 0.2) is 35.5 Å². The van der Waals surface area contributed by atoms with E-state index in [0.29, 0.717) is 11.6 Å². The molecule has 1 aromatic carbocycles. The topological polar surface area (TPSA) is 63.5 Å². The van der Waals surface area contributed by atoms with Gasteiger partial charge in [0.25, 0.3) is 0 Å². The van der Waals surface area contributed by atoms with Gasteiger partial charge in [-0.2, -0.15) is 5.10 Å². The summed E-state index contributed by atoms with van der Waals surface area (Å²) in [5.74, 6) is 1.51. The number of aryl methyl sites for hydroxylation is 1. The van der Waals surface area contributed by atoms with E-state index in [0.717, 1.165) is 35.9 Å². The van der Waals surface area contributed by atoms with Gasteiger partial charge in [0.2, 0.25) is 0 Å². The van der Waals surface area contributed by atoms with Crippen LogP contribution < -0.4 is 15.4 Å². The Labute approximate surface area is 164 Å². The van der Waals surface area contributed by atoms with Crippen molar-refractivity contribution >= 4 is 41.5 Å². The molecule has 132 valence electrons. The number of hydrogen-bond donors (Lipinski definition) is 2. The summed E-state index contributed by atoms with van der Waals surface area (Å²) in [5, 5.41) is 11.4. The summed E-state index contributed by atoms with van der Waals surface area (Å²) in [6, 6.07) is 7.69. The molecule has 0 radical (unpaired) electrons. The van der Waals surface area contributed by atoms with Crippen LogP contribution >= 0.6 is 35.6 Å². The predicted octanol–water partition coefficient (Wildman–Crippen LogP) is 2.61. The molecule has 0 fully saturated rings. The second kappa shape index (κ2) is 10.4. The molecule has 0 saturated carbocycles. The molecule has 2 N–H and O–H groups in total. The van der Waals surface area contributed by atoms with E-state index in [1.807, 2.05) is 36.0 Å². The number of hydrogen-bond acceptors (Lipinski definition) is 3. The second-order valence-electron chi connectivity index (χ2n) is 5.01. The Morgan fingerprint density at radius 3 is 2.71 bits per heavy atom. The van der Waals surface area contributed by atoms with Crippen molar-refractivity contribution in [1.82, 2.24) is 20.4 Å². The Morgan fingerprint density at radius 1 is 1.33 bits per heavy atom. The Hall–Kier alpha value is -1.48. The normalized spacial score (nSPS) is 10.9. The van der Waals surface area contributed by atoms with E-state index in [4.69, 9.17) is 16.3 Å². The third-order valence-electron chi connectivity index (χ3n) is 3.53. The highest BCUT2D eigenvalue weighted by Crippen LogP contribution is 2.22. The lowest BCUT2D eigenvalue weighted by molar-refractivity contribution is 0.414. The minimum atomic E-state index is 0. The molecule has 24 heavy (non-hydrogen) atoms. The number of ether oxygens (including phenoxy) is 1. The van der Waals surface area contributed by atoms with Gasteiger partial charge in [0.05, 0.1) is 19.3 Å². The van der Waals surface area contributed by atoms with Gasteiger partial charge in [-0.25, -0.2) is 0 Å². The molecule has 1 heterocycles. The van der Waals surface area contributed by atoms with E-state index in [1.165, 1.54) is 0 Å². The van der Waals surface area contributed by atoms with Crippen LogP contribution in [0.2, 0.25) is 5.02 Å². The van der Waals surface area contributed by atoms with Crippen LogP contribution in [0.4, 0.5) is 0 Å². The molecular formula is C16H23ClIN5O. The molecule has 0 atom stereocenters. The van der Waals surface area contributed by atoms with Crippen LogP contribution in [0.25, 0.3) is 0 Å². The van der Waals surface area contributed by atoms with E-state index >= 15 is 0 Å². The summed E-state index contributed by atoms with van der Waals surface area (Å²) in [4.78, 5) is 4.21. The molecular weight excluding hydrogens is 441 g/mol. The van der Waals surface area contributed by atoms with Gasteiger partial charge in [0.1, 0.15) is 5.75 Å². The zero-order valence-corrected chi connectivity index (χ0v) is 17.1. The van der Waals surface area contributed by atoms with Crippen LogP contribution in [0.5, 0.6) is 5.75 Å². The molecule has 0 aliphatic carbocycles. The Morgan fingerprint density at radius 2 is 2.12 bits per heavy atom. The third kappa shape index (κ3) is 5.86. The minimum Gasteiger partial charge on any atom is -0.497 e. The lowest BCUT2D eigenvalue weighted by atomic mass is 10.1. The van der Waals surface area contributed by atoms with Crippen molar-refractivity contribution in [2.24, 2.45) is 12.0 Å². The fourth-order valence-electron chi connectivity index (χ4n) is 2.14. The first-order chi connectivity index (χ1) is 11.1. The smallest absolute Gasteiger partial charge is 0.191 e. The van der Waals surface area contributed by atoms with Crippen molar-refractivity contribution in [2.45, 2.75) is 13.0 Å². The zero-order chi connectivity index (χ0) is 16.7. The van der Waals surface area contributed by atoms with Crippen LogP contribution in [0.1, 0.15) is 11.3 Å². The number of aromatic nitrogens is 2. The van der Waals surface area contributed by atoms with Crippen LogP contribution in [0.3, 0.4) is 0 Å². The largest absolute Gasteiger partial charge is 0.497 e. The fourth-order valence-corrected chi connectivity index (χ4v) is 2.41. The van der Waals surface area contributed by atoms with Crippen molar-refractivity contribution in [3.8, 4) is 5.75 Å². The van der Waals surface area contributed by atoms with Gasteiger partial charge >= 0.3 is 0 Å². The molecule has 0 amide bonds. The van der Waals surface area contributed by atoms with Crippen molar-refractivity contribution in [3.05, 3.63) is 46.7 Å². The maximum atomic E-state index is 6.24. The van der Waals surface area contributed by atoms with Crippen molar-refractivity contribution in [3.63, 3.8) is 0 Å². The lowest BCUT2D eigenvalue weighted by Gasteiger charge is -2.12. The van der Waals surface area contributed by atoms with Crippen LogP contribution in [-0.4, -0.2) is 36.4 Å². The highest BCUT2D eigenvalue weighted by atomic mass is 127. The number of rotatable bonds is 6. The number of guanidine groups is 1. The molecule has 0 saturated heterocycles. The number of nitrogens with one attached hydrogen (secondary N) is 2.